The van der Waals surface area contributed by atoms with E-state index in [2.05, 4.69) is 19.6 Å². The van der Waals surface area contributed by atoms with Gasteiger partial charge < -0.3 is 15.7 Å². The number of carbonyl (C=O) groups is 1. The van der Waals surface area contributed by atoms with E-state index in [1.54, 1.807) is 0 Å². The fourth-order valence-electron chi connectivity index (χ4n) is 3.08. The predicted octanol–water partition coefficient (Wildman–Crippen LogP) is -1.51. The van der Waals surface area contributed by atoms with Crippen LogP contribution in [0.1, 0.15) is 10.4 Å². The number of benzene rings is 1. The summed E-state index contributed by atoms with van der Waals surface area (Å²) in [5.74, 6) is -2.04. The monoisotopic (exact) mass is 376 g/mol. The Morgan fingerprint density at radius 3 is 1.64 bits per heavy atom. The molecule has 0 radical (unpaired) electrons. The van der Waals surface area contributed by atoms with Crippen LogP contribution < -0.4 is 0 Å². The van der Waals surface area contributed by atoms with E-state index >= 15 is 0 Å². The molecule has 1 aromatic carbocycles. The molecule has 11 nitrogen and oxygen atoms in total. The molecule has 12 heteroatoms. The number of carboxylic acid groups (broad SMARTS) is 1. The highest BCUT2D eigenvalue weighted by atomic mass is 32.2. The molecule has 5 N–H and O–H groups in total. The van der Waals surface area contributed by atoms with Crippen LogP contribution in [-0.2, 0) is 10.1 Å². The van der Waals surface area contributed by atoms with Gasteiger partial charge in [0.15, 0.2) is 0 Å². The predicted molar refractivity (Wildman–Crippen MR) is 85.1 cm³/mol. The largest absolute Gasteiger partial charge is 0.507 e. The SMILES string of the molecule is C1N2CN3CN1CN(C2)C3.O.O=C(O)c1cc(S(=O)(=O)O)ccc1O. The Bertz CT molecular complexity index is 698. The molecule has 4 heterocycles. The van der Waals surface area contributed by atoms with Crippen molar-refractivity contribution in [2.24, 2.45) is 0 Å². The Morgan fingerprint density at radius 1 is 0.920 bits per heavy atom. The number of aromatic hydroxyl groups is 1. The van der Waals surface area contributed by atoms with E-state index < -0.39 is 32.3 Å². The molecular weight excluding hydrogens is 356 g/mol. The summed E-state index contributed by atoms with van der Waals surface area (Å²) in [6.45, 7) is 7.12. The second kappa shape index (κ2) is 7.21. The van der Waals surface area contributed by atoms with Crippen molar-refractivity contribution in [2.75, 3.05) is 40.0 Å². The van der Waals surface area contributed by atoms with Gasteiger partial charge >= 0.3 is 5.97 Å². The average Bonchev–Trinajstić information content (AvgIpc) is 2.45. The van der Waals surface area contributed by atoms with Crippen molar-refractivity contribution in [1.82, 2.24) is 19.6 Å². The molecule has 140 valence electrons. The zero-order chi connectivity index (χ0) is 17.5. The molecule has 0 atom stereocenters. The lowest BCUT2D eigenvalue weighted by Gasteiger charge is -2.56. The number of aromatic carboxylic acids is 1. The summed E-state index contributed by atoms with van der Waals surface area (Å²) in [4.78, 5) is 19.8. The van der Waals surface area contributed by atoms with Crippen LogP contribution in [0.15, 0.2) is 23.1 Å². The molecule has 5 rings (SSSR count). The molecule has 0 aromatic heterocycles. The molecule has 4 fully saturated rings. The summed E-state index contributed by atoms with van der Waals surface area (Å²) in [7, 11) is -4.45. The minimum absolute atomic E-state index is 0. The van der Waals surface area contributed by atoms with Crippen LogP contribution >= 0.6 is 0 Å². The maximum atomic E-state index is 10.6. The van der Waals surface area contributed by atoms with E-state index in [1.165, 1.54) is 40.0 Å². The number of phenols is 1. The van der Waals surface area contributed by atoms with Gasteiger partial charge in [-0.15, -0.1) is 0 Å². The quantitative estimate of drug-likeness (QED) is 0.519. The Kier molecular flexibility index (Phi) is 5.63. The Balaban J connectivity index is 0.000000180. The van der Waals surface area contributed by atoms with Crippen molar-refractivity contribution in [1.29, 1.82) is 0 Å². The second-order valence-corrected chi connectivity index (χ2v) is 7.41. The number of hydrogen-bond acceptors (Lipinski definition) is 8. The average molecular weight is 376 g/mol. The van der Waals surface area contributed by atoms with Crippen LogP contribution in [0.2, 0.25) is 0 Å². The molecule has 0 saturated carbocycles. The molecular formula is C13H20N4O7S. The second-order valence-electron chi connectivity index (χ2n) is 5.99. The van der Waals surface area contributed by atoms with Crippen molar-refractivity contribution < 1.29 is 33.5 Å². The zero-order valence-electron chi connectivity index (χ0n) is 13.2. The van der Waals surface area contributed by atoms with Crippen molar-refractivity contribution >= 4 is 16.1 Å². The standard InChI is InChI=1S/C7H6O6S.C6H12N4.H2O/c8-6-2-1-4(14(11,12)13)3-5(6)7(9)10;1-7-2-9-4-8(1)5-10(3-7)6-9;/h1-3,8H,(H,9,10)(H,11,12,13);1-6H2;1H2. The van der Waals surface area contributed by atoms with Crippen LogP contribution in [-0.4, -0.2) is 94.2 Å². The number of hydrogen-bond donors (Lipinski definition) is 3. The van der Waals surface area contributed by atoms with Gasteiger partial charge in [0.1, 0.15) is 11.3 Å². The van der Waals surface area contributed by atoms with E-state index in [0.717, 1.165) is 12.1 Å². The molecule has 4 bridgehead atoms. The third-order valence-corrected chi connectivity index (χ3v) is 4.75. The van der Waals surface area contributed by atoms with Crippen molar-refractivity contribution in [3.8, 4) is 5.75 Å². The van der Waals surface area contributed by atoms with Crippen molar-refractivity contribution in [3.63, 3.8) is 0 Å². The summed E-state index contributed by atoms with van der Waals surface area (Å²) in [6.07, 6.45) is 0. The Hall–Kier alpha value is -1.80. The molecule has 4 aliphatic heterocycles. The summed E-state index contributed by atoms with van der Waals surface area (Å²) in [6, 6.07) is 2.46. The van der Waals surface area contributed by atoms with Gasteiger partial charge in [0.05, 0.1) is 44.9 Å². The highest BCUT2D eigenvalue weighted by Gasteiger charge is 2.36. The van der Waals surface area contributed by atoms with Gasteiger partial charge in [0.2, 0.25) is 0 Å². The number of nitrogens with zero attached hydrogens (tertiary/aromatic N) is 4. The van der Waals surface area contributed by atoms with Crippen molar-refractivity contribution in [3.05, 3.63) is 23.8 Å². The highest BCUT2D eigenvalue weighted by molar-refractivity contribution is 7.85. The first-order chi connectivity index (χ1) is 11.2. The number of carboxylic acids is 1. The van der Waals surface area contributed by atoms with E-state index in [4.69, 9.17) is 14.8 Å². The summed E-state index contributed by atoms with van der Waals surface area (Å²) >= 11 is 0. The smallest absolute Gasteiger partial charge is 0.339 e. The van der Waals surface area contributed by atoms with Gasteiger partial charge in [-0.2, -0.15) is 8.42 Å². The zero-order valence-corrected chi connectivity index (χ0v) is 14.1. The molecule has 0 aliphatic carbocycles. The lowest BCUT2D eigenvalue weighted by Crippen LogP contribution is -2.71. The lowest BCUT2D eigenvalue weighted by atomic mass is 10.2. The fourth-order valence-corrected chi connectivity index (χ4v) is 3.59. The Morgan fingerprint density at radius 2 is 1.32 bits per heavy atom. The summed E-state index contributed by atoms with van der Waals surface area (Å²) in [5, 5.41) is 17.5. The van der Waals surface area contributed by atoms with Gasteiger partial charge in [-0.25, -0.2) is 4.79 Å². The molecule has 0 spiro atoms. The van der Waals surface area contributed by atoms with Crippen LogP contribution in [0.5, 0.6) is 5.75 Å². The van der Waals surface area contributed by atoms with Gasteiger partial charge in [-0.3, -0.25) is 24.2 Å². The van der Waals surface area contributed by atoms with Crippen LogP contribution in [0.3, 0.4) is 0 Å². The van der Waals surface area contributed by atoms with Crippen LogP contribution in [0.25, 0.3) is 0 Å². The van der Waals surface area contributed by atoms with Crippen LogP contribution in [0, 0.1) is 0 Å². The van der Waals surface area contributed by atoms with Gasteiger partial charge in [0.25, 0.3) is 10.1 Å². The maximum absolute atomic E-state index is 10.6. The lowest BCUT2D eigenvalue weighted by molar-refractivity contribution is -0.194. The first-order valence-corrected chi connectivity index (χ1v) is 8.59. The topological polar surface area (TPSA) is 156 Å². The van der Waals surface area contributed by atoms with Crippen molar-refractivity contribution in [2.45, 2.75) is 4.90 Å². The van der Waals surface area contributed by atoms with Gasteiger partial charge in [-0.05, 0) is 18.2 Å². The van der Waals surface area contributed by atoms with Gasteiger partial charge in [-0.1, -0.05) is 0 Å². The fraction of sp³-hybridized carbons (Fsp3) is 0.462. The molecule has 0 unspecified atom stereocenters. The highest BCUT2D eigenvalue weighted by Crippen LogP contribution is 2.21. The third kappa shape index (κ3) is 4.43. The minimum Gasteiger partial charge on any atom is -0.507 e. The summed E-state index contributed by atoms with van der Waals surface area (Å²) in [5.41, 5.74) is -0.583. The summed E-state index contributed by atoms with van der Waals surface area (Å²) < 4.78 is 29.8. The Labute approximate surface area is 144 Å². The minimum atomic E-state index is -4.45. The maximum Gasteiger partial charge on any atom is 0.339 e. The molecule has 0 amide bonds. The van der Waals surface area contributed by atoms with E-state index in [1.807, 2.05) is 0 Å². The molecule has 4 aliphatic rings. The normalized spacial score (nSPS) is 29.3. The van der Waals surface area contributed by atoms with E-state index in [-0.39, 0.29) is 5.48 Å². The number of rotatable bonds is 2. The first kappa shape index (κ1) is 19.5. The molecule has 4 saturated heterocycles. The van der Waals surface area contributed by atoms with Crippen LogP contribution in [0.4, 0.5) is 0 Å². The molecule has 1 aromatic rings. The van der Waals surface area contributed by atoms with Gasteiger partial charge in [0, 0.05) is 0 Å². The van der Waals surface area contributed by atoms with E-state index in [9.17, 15) is 13.2 Å². The molecule has 25 heavy (non-hydrogen) atoms. The first-order valence-electron chi connectivity index (χ1n) is 7.15. The third-order valence-electron chi connectivity index (χ3n) is 3.90. The van der Waals surface area contributed by atoms with E-state index in [0.29, 0.717) is 6.07 Å².